The molecule has 0 nitrogen and oxygen atoms in total. The molecule has 0 radical (unpaired) electrons. The van der Waals surface area contributed by atoms with Crippen LogP contribution in [0.5, 0.6) is 0 Å². The Hall–Kier alpha value is -0.260. The molecule has 0 spiro atoms. The monoisotopic (exact) mass is 266 g/mol. The third-order valence-electron chi connectivity index (χ3n) is 4.85. The summed E-state index contributed by atoms with van der Waals surface area (Å²) in [6, 6.07) is 0. The number of rotatable bonds is 12. The standard InChI is InChI=1S/C19H38/c1-7-12-14-17(10-4)19(16(6)9-3)18(11-5)15-13-8-2/h9,14,16-19H,7-8,10-13,15H2,1-6H3/q+2. The summed E-state index contributed by atoms with van der Waals surface area (Å²) in [6.07, 6.45) is 14.4. The van der Waals surface area contributed by atoms with Gasteiger partial charge >= 0.3 is 0 Å². The Bertz CT molecular complexity index is 168. The molecule has 0 saturated heterocycles. The summed E-state index contributed by atoms with van der Waals surface area (Å²) in [5.41, 5.74) is 0. The van der Waals surface area contributed by atoms with Gasteiger partial charge in [-0.2, -0.15) is 0 Å². The van der Waals surface area contributed by atoms with E-state index in [9.17, 15) is 0 Å². The van der Waals surface area contributed by atoms with Gasteiger partial charge in [0.2, 0.25) is 0 Å². The molecule has 0 bridgehead atoms. The molecule has 0 amide bonds. The third kappa shape index (κ3) is 6.63. The first-order valence-electron chi connectivity index (χ1n) is 8.78. The largest absolute Gasteiger partial charge is 0.105 e. The lowest BCUT2D eigenvalue weighted by atomic mass is 9.68. The van der Waals surface area contributed by atoms with E-state index in [0.717, 1.165) is 23.7 Å². The second-order valence-electron chi connectivity index (χ2n) is 6.18. The average Bonchev–Trinajstić information content (AvgIpc) is 2.45. The van der Waals surface area contributed by atoms with Crippen molar-refractivity contribution >= 4 is 0 Å². The van der Waals surface area contributed by atoms with Crippen LogP contribution in [0.2, 0.25) is 0 Å². The molecule has 0 aromatic rings. The van der Waals surface area contributed by atoms with Crippen LogP contribution in [0.1, 0.15) is 86.5 Å². The van der Waals surface area contributed by atoms with Gasteiger partial charge in [-0.3, -0.25) is 0 Å². The predicted octanol–water partition coefficient (Wildman–Crippen LogP) is 6.71. The minimum Gasteiger partial charge on any atom is -0.0654 e. The zero-order valence-electron chi connectivity index (χ0n) is 14.4. The highest BCUT2D eigenvalue weighted by molar-refractivity contribution is 4.90. The van der Waals surface area contributed by atoms with Gasteiger partial charge in [0.15, 0.2) is 0 Å². The molecule has 0 aliphatic carbocycles. The summed E-state index contributed by atoms with van der Waals surface area (Å²) in [5.74, 6) is 3.33. The summed E-state index contributed by atoms with van der Waals surface area (Å²) >= 11 is 0. The van der Waals surface area contributed by atoms with E-state index < -0.39 is 0 Å². The highest BCUT2D eigenvalue weighted by Gasteiger charge is 2.38. The van der Waals surface area contributed by atoms with Crippen LogP contribution in [0.15, 0.2) is 0 Å². The van der Waals surface area contributed by atoms with Crippen molar-refractivity contribution in [3.8, 4) is 0 Å². The highest BCUT2D eigenvalue weighted by Crippen LogP contribution is 2.38. The van der Waals surface area contributed by atoms with Gasteiger partial charge < -0.3 is 0 Å². The average molecular weight is 267 g/mol. The van der Waals surface area contributed by atoms with Crippen LogP contribution in [-0.2, 0) is 0 Å². The normalized spacial score (nSPS) is 17.6. The quantitative estimate of drug-likeness (QED) is 0.344. The van der Waals surface area contributed by atoms with E-state index in [1.807, 2.05) is 0 Å². The fraction of sp³-hybridized carbons (Fsp3) is 0.895. The van der Waals surface area contributed by atoms with E-state index in [0.29, 0.717) is 0 Å². The Morgan fingerprint density at radius 3 is 2.05 bits per heavy atom. The van der Waals surface area contributed by atoms with Gasteiger partial charge in [0.05, 0.1) is 26.2 Å². The Morgan fingerprint density at radius 2 is 1.63 bits per heavy atom. The van der Waals surface area contributed by atoms with Gasteiger partial charge in [0, 0.05) is 5.92 Å². The van der Waals surface area contributed by atoms with E-state index >= 15 is 0 Å². The molecule has 0 heteroatoms. The summed E-state index contributed by atoms with van der Waals surface area (Å²) < 4.78 is 0. The topological polar surface area (TPSA) is 0 Å². The zero-order valence-corrected chi connectivity index (χ0v) is 14.4. The van der Waals surface area contributed by atoms with Crippen LogP contribution >= 0.6 is 0 Å². The van der Waals surface area contributed by atoms with E-state index in [4.69, 9.17) is 0 Å². The zero-order chi connectivity index (χ0) is 14.7. The molecule has 19 heavy (non-hydrogen) atoms. The maximum atomic E-state index is 2.62. The molecular weight excluding hydrogens is 228 g/mol. The molecule has 0 aliphatic rings. The van der Waals surface area contributed by atoms with Crippen LogP contribution in [0.3, 0.4) is 0 Å². The maximum absolute atomic E-state index is 2.62. The van der Waals surface area contributed by atoms with Gasteiger partial charge in [-0.25, -0.2) is 0 Å². The van der Waals surface area contributed by atoms with E-state index in [1.54, 1.807) is 0 Å². The van der Waals surface area contributed by atoms with E-state index in [-0.39, 0.29) is 0 Å². The second kappa shape index (κ2) is 11.6. The van der Waals surface area contributed by atoms with Crippen molar-refractivity contribution in [3.63, 3.8) is 0 Å². The van der Waals surface area contributed by atoms with Gasteiger partial charge in [-0.1, -0.05) is 47.0 Å². The van der Waals surface area contributed by atoms with Crippen molar-refractivity contribution in [2.45, 2.75) is 86.5 Å². The van der Waals surface area contributed by atoms with Crippen LogP contribution in [0.4, 0.5) is 0 Å². The summed E-state index contributed by atoms with van der Waals surface area (Å²) in [7, 11) is 0. The first-order chi connectivity index (χ1) is 9.15. The molecule has 0 fully saturated rings. The molecule has 0 aromatic carbocycles. The van der Waals surface area contributed by atoms with Crippen molar-refractivity contribution < 1.29 is 0 Å². The number of hydrogen-bond acceptors (Lipinski definition) is 0. The Labute approximate surface area is 123 Å². The SMILES string of the molecule is C[CH+]C(C)C(C([CH+]CCC)CC)C(CC)CCCC. The maximum Gasteiger partial charge on any atom is 0.105 e. The lowest BCUT2D eigenvalue weighted by Gasteiger charge is -2.30. The predicted molar refractivity (Wildman–Crippen MR) is 88.9 cm³/mol. The highest BCUT2D eigenvalue weighted by atomic mass is 14.4. The second-order valence-corrected chi connectivity index (χ2v) is 6.18. The van der Waals surface area contributed by atoms with Gasteiger partial charge in [-0.05, 0) is 32.1 Å². The van der Waals surface area contributed by atoms with Gasteiger partial charge in [0.1, 0.15) is 11.8 Å². The molecule has 0 rings (SSSR count). The van der Waals surface area contributed by atoms with Crippen molar-refractivity contribution in [1.29, 1.82) is 0 Å². The van der Waals surface area contributed by atoms with Crippen LogP contribution in [-0.4, -0.2) is 0 Å². The molecule has 0 saturated carbocycles. The fourth-order valence-corrected chi connectivity index (χ4v) is 3.50. The summed E-state index contributed by atoms with van der Waals surface area (Å²) in [5, 5.41) is 0. The molecule has 0 N–H and O–H groups in total. The molecule has 112 valence electrons. The molecule has 4 atom stereocenters. The minimum atomic E-state index is 0.750. The Balaban J connectivity index is 4.80. The summed E-state index contributed by atoms with van der Waals surface area (Å²) in [6.45, 7) is 14.1. The van der Waals surface area contributed by atoms with Gasteiger partial charge in [-0.15, -0.1) is 0 Å². The first-order valence-corrected chi connectivity index (χ1v) is 8.78. The lowest BCUT2D eigenvalue weighted by molar-refractivity contribution is 0.166. The fourth-order valence-electron chi connectivity index (χ4n) is 3.50. The minimum absolute atomic E-state index is 0.750. The van der Waals surface area contributed by atoms with Gasteiger partial charge in [0.25, 0.3) is 0 Å². The van der Waals surface area contributed by atoms with E-state index in [2.05, 4.69) is 54.4 Å². The van der Waals surface area contributed by atoms with Crippen LogP contribution in [0, 0.1) is 36.5 Å². The molecule has 0 aliphatic heterocycles. The molecule has 0 heterocycles. The van der Waals surface area contributed by atoms with Crippen LogP contribution in [0.25, 0.3) is 0 Å². The summed E-state index contributed by atoms with van der Waals surface area (Å²) in [4.78, 5) is 0. The lowest BCUT2D eigenvalue weighted by Crippen LogP contribution is -2.29. The van der Waals surface area contributed by atoms with Crippen molar-refractivity contribution in [2.75, 3.05) is 0 Å². The van der Waals surface area contributed by atoms with Crippen molar-refractivity contribution in [3.05, 3.63) is 12.8 Å². The number of unbranched alkanes of at least 4 members (excludes halogenated alkanes) is 2. The third-order valence-corrected chi connectivity index (χ3v) is 4.85. The Morgan fingerprint density at radius 1 is 0.947 bits per heavy atom. The number of hydrogen-bond donors (Lipinski definition) is 0. The molecule has 0 aromatic heterocycles. The molecular formula is C19H38+2. The van der Waals surface area contributed by atoms with Crippen molar-refractivity contribution in [1.82, 2.24) is 0 Å². The van der Waals surface area contributed by atoms with Crippen LogP contribution < -0.4 is 0 Å². The van der Waals surface area contributed by atoms with E-state index in [1.165, 1.54) is 44.9 Å². The van der Waals surface area contributed by atoms with Crippen molar-refractivity contribution in [2.24, 2.45) is 23.7 Å². The Kier molecular flexibility index (Phi) is 11.4. The first kappa shape index (κ1) is 18.7. The molecule has 4 unspecified atom stereocenters. The smallest absolute Gasteiger partial charge is 0.0654 e.